The predicted molar refractivity (Wildman–Crippen MR) is 53.3 cm³/mol. The van der Waals surface area contributed by atoms with E-state index in [2.05, 4.69) is 26.9 Å². The second-order valence-electron chi connectivity index (χ2n) is 3.67. The lowest BCUT2D eigenvalue weighted by Crippen LogP contribution is -1.97. The van der Waals surface area contributed by atoms with Crippen LogP contribution in [0.5, 0.6) is 0 Å². The molecule has 0 spiro atoms. The van der Waals surface area contributed by atoms with Crippen molar-refractivity contribution < 1.29 is 0 Å². The maximum absolute atomic E-state index is 4.17. The SMILES string of the molecule is c1ccc(-n2cnnc2C2CC2)cc1. The summed E-state index contributed by atoms with van der Waals surface area (Å²) in [5, 5.41) is 8.14. The first kappa shape index (κ1) is 7.74. The molecule has 70 valence electrons. The van der Waals surface area contributed by atoms with Crippen molar-refractivity contribution in [3.05, 3.63) is 42.5 Å². The van der Waals surface area contributed by atoms with Gasteiger partial charge in [0, 0.05) is 11.6 Å². The standard InChI is InChI=1S/C11H11N3/c1-2-4-10(5-3-1)14-8-12-13-11(14)9-6-7-9/h1-5,8-9H,6-7H2. The molecule has 1 aliphatic rings. The molecule has 0 atom stereocenters. The van der Waals surface area contributed by atoms with Gasteiger partial charge in [-0.2, -0.15) is 0 Å². The Balaban J connectivity index is 2.07. The third kappa shape index (κ3) is 1.21. The molecule has 0 bridgehead atoms. The fourth-order valence-electron chi connectivity index (χ4n) is 1.65. The first-order valence-corrected chi connectivity index (χ1v) is 4.90. The third-order valence-corrected chi connectivity index (χ3v) is 2.55. The molecule has 3 rings (SSSR count). The van der Waals surface area contributed by atoms with Gasteiger partial charge in [-0.15, -0.1) is 10.2 Å². The van der Waals surface area contributed by atoms with Gasteiger partial charge in [0.25, 0.3) is 0 Å². The smallest absolute Gasteiger partial charge is 0.140 e. The van der Waals surface area contributed by atoms with Gasteiger partial charge >= 0.3 is 0 Å². The molecular weight excluding hydrogens is 174 g/mol. The highest BCUT2D eigenvalue weighted by molar-refractivity contribution is 5.33. The Morgan fingerprint density at radius 1 is 1.14 bits per heavy atom. The molecule has 0 amide bonds. The fraction of sp³-hybridized carbons (Fsp3) is 0.273. The van der Waals surface area contributed by atoms with Gasteiger partial charge in [-0.25, -0.2) is 0 Å². The minimum absolute atomic E-state index is 0.637. The van der Waals surface area contributed by atoms with E-state index >= 15 is 0 Å². The van der Waals surface area contributed by atoms with Crippen LogP contribution >= 0.6 is 0 Å². The van der Waals surface area contributed by atoms with Gasteiger partial charge in [-0.05, 0) is 25.0 Å². The number of hydrogen-bond donors (Lipinski definition) is 0. The molecule has 0 radical (unpaired) electrons. The Labute approximate surface area is 82.4 Å². The largest absolute Gasteiger partial charge is 0.285 e. The van der Waals surface area contributed by atoms with Gasteiger partial charge in [-0.1, -0.05) is 18.2 Å². The van der Waals surface area contributed by atoms with E-state index in [4.69, 9.17) is 0 Å². The Bertz CT molecular complexity index is 429. The Morgan fingerprint density at radius 2 is 1.93 bits per heavy atom. The molecule has 0 N–H and O–H groups in total. The van der Waals surface area contributed by atoms with Crippen LogP contribution < -0.4 is 0 Å². The van der Waals surface area contributed by atoms with Crippen molar-refractivity contribution in [1.82, 2.24) is 14.8 Å². The van der Waals surface area contributed by atoms with Gasteiger partial charge < -0.3 is 0 Å². The summed E-state index contributed by atoms with van der Waals surface area (Å²) in [5.74, 6) is 1.74. The molecule has 1 aromatic carbocycles. The van der Waals surface area contributed by atoms with Crippen LogP contribution in [0.3, 0.4) is 0 Å². The highest BCUT2D eigenvalue weighted by Crippen LogP contribution is 2.39. The van der Waals surface area contributed by atoms with Gasteiger partial charge in [0.15, 0.2) is 0 Å². The lowest BCUT2D eigenvalue weighted by atomic mass is 10.3. The van der Waals surface area contributed by atoms with Crippen molar-refractivity contribution in [2.75, 3.05) is 0 Å². The van der Waals surface area contributed by atoms with E-state index < -0.39 is 0 Å². The van der Waals surface area contributed by atoms with E-state index in [1.54, 1.807) is 6.33 Å². The normalized spacial score (nSPS) is 15.7. The molecule has 14 heavy (non-hydrogen) atoms. The van der Waals surface area contributed by atoms with Crippen LogP contribution in [0.4, 0.5) is 0 Å². The molecule has 0 aliphatic heterocycles. The molecule has 0 saturated heterocycles. The van der Waals surface area contributed by atoms with Gasteiger partial charge in [0.05, 0.1) is 0 Å². The molecule has 1 heterocycles. The van der Waals surface area contributed by atoms with Crippen LogP contribution in [0.25, 0.3) is 5.69 Å². The zero-order valence-electron chi connectivity index (χ0n) is 7.80. The average molecular weight is 185 g/mol. The predicted octanol–water partition coefficient (Wildman–Crippen LogP) is 2.14. The van der Waals surface area contributed by atoms with Crippen molar-refractivity contribution in [3.63, 3.8) is 0 Å². The lowest BCUT2D eigenvalue weighted by Gasteiger charge is -2.04. The van der Waals surface area contributed by atoms with Crippen molar-refractivity contribution in [1.29, 1.82) is 0 Å². The summed E-state index contributed by atoms with van der Waals surface area (Å²) in [6.07, 6.45) is 4.31. The van der Waals surface area contributed by atoms with Crippen LogP contribution in [-0.4, -0.2) is 14.8 Å². The Morgan fingerprint density at radius 3 is 2.64 bits per heavy atom. The summed E-state index contributed by atoms with van der Waals surface area (Å²) in [6.45, 7) is 0. The molecule has 1 aliphatic carbocycles. The van der Waals surface area contributed by atoms with E-state index in [0.29, 0.717) is 5.92 Å². The zero-order valence-corrected chi connectivity index (χ0v) is 7.80. The number of hydrogen-bond acceptors (Lipinski definition) is 2. The number of nitrogens with zero attached hydrogens (tertiary/aromatic N) is 3. The monoisotopic (exact) mass is 185 g/mol. The van der Waals surface area contributed by atoms with Crippen molar-refractivity contribution >= 4 is 0 Å². The summed E-state index contributed by atoms with van der Waals surface area (Å²) >= 11 is 0. The van der Waals surface area contributed by atoms with Crippen LogP contribution in [0.1, 0.15) is 24.6 Å². The first-order chi connectivity index (χ1) is 6.95. The summed E-state index contributed by atoms with van der Waals surface area (Å²) in [7, 11) is 0. The van der Waals surface area contributed by atoms with E-state index in [-0.39, 0.29) is 0 Å². The minimum atomic E-state index is 0.637. The summed E-state index contributed by atoms with van der Waals surface area (Å²) in [6, 6.07) is 10.2. The number of rotatable bonds is 2. The quantitative estimate of drug-likeness (QED) is 0.717. The van der Waals surface area contributed by atoms with Gasteiger partial charge in [-0.3, -0.25) is 4.57 Å². The Hall–Kier alpha value is -1.64. The average Bonchev–Trinajstić information content (AvgIpc) is 2.98. The summed E-state index contributed by atoms with van der Waals surface area (Å²) in [4.78, 5) is 0. The van der Waals surface area contributed by atoms with Gasteiger partial charge in [0.2, 0.25) is 0 Å². The van der Waals surface area contributed by atoms with Crippen LogP contribution in [0.2, 0.25) is 0 Å². The molecule has 1 fully saturated rings. The fourth-order valence-corrected chi connectivity index (χ4v) is 1.65. The van der Waals surface area contributed by atoms with Gasteiger partial charge in [0.1, 0.15) is 12.2 Å². The molecule has 2 aromatic rings. The topological polar surface area (TPSA) is 30.7 Å². The highest BCUT2D eigenvalue weighted by atomic mass is 15.3. The number of aromatic nitrogens is 3. The van der Waals surface area contributed by atoms with Crippen molar-refractivity contribution in [2.24, 2.45) is 0 Å². The molecule has 0 unspecified atom stereocenters. The van der Waals surface area contributed by atoms with E-state index in [0.717, 1.165) is 11.5 Å². The highest BCUT2D eigenvalue weighted by Gasteiger charge is 2.28. The summed E-state index contributed by atoms with van der Waals surface area (Å²) in [5.41, 5.74) is 1.15. The molecule has 1 aromatic heterocycles. The third-order valence-electron chi connectivity index (χ3n) is 2.55. The lowest BCUT2D eigenvalue weighted by molar-refractivity contribution is 0.871. The maximum Gasteiger partial charge on any atom is 0.140 e. The van der Waals surface area contributed by atoms with Crippen molar-refractivity contribution in [3.8, 4) is 5.69 Å². The van der Waals surface area contributed by atoms with E-state index in [1.165, 1.54) is 12.8 Å². The van der Waals surface area contributed by atoms with Crippen LogP contribution in [-0.2, 0) is 0 Å². The number of para-hydroxylation sites is 1. The summed E-state index contributed by atoms with van der Waals surface area (Å²) < 4.78 is 2.08. The van der Waals surface area contributed by atoms with E-state index in [1.807, 2.05) is 18.2 Å². The zero-order chi connectivity index (χ0) is 9.38. The second-order valence-corrected chi connectivity index (χ2v) is 3.67. The molecule has 1 saturated carbocycles. The minimum Gasteiger partial charge on any atom is -0.285 e. The van der Waals surface area contributed by atoms with Crippen molar-refractivity contribution in [2.45, 2.75) is 18.8 Å². The second kappa shape index (κ2) is 2.94. The molecule has 3 heteroatoms. The maximum atomic E-state index is 4.17. The Kier molecular flexibility index (Phi) is 1.63. The molecular formula is C11H11N3. The molecule has 3 nitrogen and oxygen atoms in total. The van der Waals surface area contributed by atoms with E-state index in [9.17, 15) is 0 Å². The van der Waals surface area contributed by atoms with Crippen LogP contribution in [0.15, 0.2) is 36.7 Å². The van der Waals surface area contributed by atoms with Crippen LogP contribution in [0, 0.1) is 0 Å². The first-order valence-electron chi connectivity index (χ1n) is 4.90. The number of benzene rings is 1.